The highest BCUT2D eigenvalue weighted by Gasteiger charge is 2.23. The summed E-state index contributed by atoms with van der Waals surface area (Å²) in [5.74, 6) is 1.14. The Morgan fingerprint density at radius 1 is 1.25 bits per heavy atom. The minimum atomic E-state index is 0.125. The molecule has 0 unspecified atom stereocenters. The average Bonchev–Trinajstić information content (AvgIpc) is 2.60. The number of aryl methyl sites for hydroxylation is 1. The molecule has 0 radical (unpaired) electrons. The van der Waals surface area contributed by atoms with Gasteiger partial charge in [0.05, 0.1) is 7.11 Å². The van der Waals surface area contributed by atoms with Crippen molar-refractivity contribution in [2.45, 2.75) is 51.5 Å². The van der Waals surface area contributed by atoms with Gasteiger partial charge in [-0.1, -0.05) is 19.1 Å². The number of likely N-dealkylation sites (tertiary alicyclic amines) is 1. The molecular formula is C19H28N2O3. The van der Waals surface area contributed by atoms with Crippen molar-refractivity contribution < 1.29 is 14.3 Å². The SMILES string of the molecule is CCCC(=O)NC1CCN(C(=O)CCc2cccc(OC)c2)CC1. The van der Waals surface area contributed by atoms with Gasteiger partial charge in [-0.15, -0.1) is 0 Å². The first kappa shape index (κ1) is 18.3. The van der Waals surface area contributed by atoms with Crippen LogP contribution in [0.25, 0.3) is 0 Å². The second-order valence-corrected chi connectivity index (χ2v) is 6.32. The first-order valence-corrected chi connectivity index (χ1v) is 8.82. The van der Waals surface area contributed by atoms with Gasteiger partial charge in [-0.25, -0.2) is 0 Å². The molecule has 1 fully saturated rings. The van der Waals surface area contributed by atoms with Gasteiger partial charge in [-0.2, -0.15) is 0 Å². The number of hydrogen-bond donors (Lipinski definition) is 1. The van der Waals surface area contributed by atoms with Crippen molar-refractivity contribution in [2.75, 3.05) is 20.2 Å². The van der Waals surface area contributed by atoms with E-state index in [0.717, 1.165) is 50.1 Å². The summed E-state index contributed by atoms with van der Waals surface area (Å²) in [5, 5.41) is 3.06. The third kappa shape index (κ3) is 5.55. The summed E-state index contributed by atoms with van der Waals surface area (Å²) < 4.78 is 5.21. The van der Waals surface area contributed by atoms with Crippen LogP contribution in [0, 0.1) is 0 Å². The van der Waals surface area contributed by atoms with Crippen LogP contribution in [0.3, 0.4) is 0 Å². The molecule has 0 bridgehead atoms. The van der Waals surface area contributed by atoms with Gasteiger partial charge in [-0.3, -0.25) is 9.59 Å². The monoisotopic (exact) mass is 332 g/mol. The second kappa shape index (κ2) is 9.30. The highest BCUT2D eigenvalue weighted by atomic mass is 16.5. The van der Waals surface area contributed by atoms with E-state index in [9.17, 15) is 9.59 Å². The maximum absolute atomic E-state index is 12.4. The largest absolute Gasteiger partial charge is 0.497 e. The molecular weight excluding hydrogens is 304 g/mol. The Morgan fingerprint density at radius 3 is 2.67 bits per heavy atom. The summed E-state index contributed by atoms with van der Waals surface area (Å²) in [6, 6.07) is 8.06. The zero-order valence-electron chi connectivity index (χ0n) is 14.7. The highest BCUT2D eigenvalue weighted by Crippen LogP contribution is 2.16. The standard InChI is InChI=1S/C19H28N2O3/c1-3-5-18(22)20-16-10-12-21(13-11-16)19(23)9-8-15-6-4-7-17(14-15)24-2/h4,6-7,14,16H,3,5,8-13H2,1-2H3,(H,20,22). The number of rotatable bonds is 7. The predicted octanol–water partition coefficient (Wildman–Crippen LogP) is 2.54. The zero-order valence-corrected chi connectivity index (χ0v) is 14.7. The zero-order chi connectivity index (χ0) is 17.4. The van der Waals surface area contributed by atoms with Crippen molar-refractivity contribution in [1.29, 1.82) is 0 Å². The van der Waals surface area contributed by atoms with Crippen molar-refractivity contribution in [3.8, 4) is 5.75 Å². The summed E-state index contributed by atoms with van der Waals surface area (Å²) in [7, 11) is 1.65. The molecule has 0 atom stereocenters. The highest BCUT2D eigenvalue weighted by molar-refractivity contribution is 5.77. The number of carbonyl (C=O) groups excluding carboxylic acids is 2. The molecule has 2 amide bonds. The maximum atomic E-state index is 12.4. The molecule has 1 aliphatic rings. The van der Waals surface area contributed by atoms with Crippen molar-refractivity contribution in [3.05, 3.63) is 29.8 Å². The van der Waals surface area contributed by atoms with Crippen LogP contribution in [0.2, 0.25) is 0 Å². The summed E-state index contributed by atoms with van der Waals surface area (Å²) in [4.78, 5) is 25.9. The van der Waals surface area contributed by atoms with Gasteiger partial charge in [-0.05, 0) is 43.4 Å². The molecule has 0 spiro atoms. The van der Waals surface area contributed by atoms with E-state index in [1.807, 2.05) is 36.1 Å². The van der Waals surface area contributed by atoms with E-state index < -0.39 is 0 Å². The van der Waals surface area contributed by atoms with E-state index in [4.69, 9.17) is 4.74 Å². The third-order valence-electron chi connectivity index (χ3n) is 4.45. The first-order valence-electron chi connectivity index (χ1n) is 8.82. The molecule has 0 aromatic heterocycles. The van der Waals surface area contributed by atoms with Crippen molar-refractivity contribution in [1.82, 2.24) is 10.2 Å². The fraction of sp³-hybridized carbons (Fsp3) is 0.579. The predicted molar refractivity (Wildman–Crippen MR) is 94.0 cm³/mol. The van der Waals surface area contributed by atoms with Gasteiger partial charge >= 0.3 is 0 Å². The Balaban J connectivity index is 1.73. The number of hydrogen-bond acceptors (Lipinski definition) is 3. The maximum Gasteiger partial charge on any atom is 0.222 e. The fourth-order valence-corrected chi connectivity index (χ4v) is 3.04. The smallest absolute Gasteiger partial charge is 0.222 e. The van der Waals surface area contributed by atoms with Crippen LogP contribution in [0.1, 0.15) is 44.6 Å². The molecule has 1 heterocycles. The Morgan fingerprint density at radius 2 is 2.00 bits per heavy atom. The number of piperidine rings is 1. The van der Waals surface area contributed by atoms with Crippen LogP contribution in [-0.2, 0) is 16.0 Å². The molecule has 1 aromatic rings. The molecule has 1 N–H and O–H groups in total. The fourth-order valence-electron chi connectivity index (χ4n) is 3.04. The van der Waals surface area contributed by atoms with Gasteiger partial charge in [0.25, 0.3) is 0 Å². The molecule has 0 saturated carbocycles. The quantitative estimate of drug-likeness (QED) is 0.835. The van der Waals surface area contributed by atoms with Crippen LogP contribution in [-0.4, -0.2) is 43.0 Å². The van der Waals surface area contributed by atoms with Crippen LogP contribution in [0.15, 0.2) is 24.3 Å². The summed E-state index contributed by atoms with van der Waals surface area (Å²) >= 11 is 0. The lowest BCUT2D eigenvalue weighted by atomic mass is 10.0. The van der Waals surface area contributed by atoms with Crippen LogP contribution >= 0.6 is 0 Å². The van der Waals surface area contributed by atoms with E-state index in [1.165, 1.54) is 0 Å². The minimum absolute atomic E-state index is 0.125. The van der Waals surface area contributed by atoms with E-state index >= 15 is 0 Å². The molecule has 1 aromatic carbocycles. The Labute approximate surface area is 144 Å². The minimum Gasteiger partial charge on any atom is -0.497 e. The second-order valence-electron chi connectivity index (χ2n) is 6.32. The van der Waals surface area contributed by atoms with E-state index in [0.29, 0.717) is 12.8 Å². The lowest BCUT2D eigenvalue weighted by Crippen LogP contribution is -2.46. The average molecular weight is 332 g/mol. The van der Waals surface area contributed by atoms with Gasteiger partial charge in [0, 0.05) is 32.0 Å². The van der Waals surface area contributed by atoms with E-state index in [2.05, 4.69) is 5.32 Å². The van der Waals surface area contributed by atoms with Crippen molar-refractivity contribution in [3.63, 3.8) is 0 Å². The van der Waals surface area contributed by atoms with Gasteiger partial charge < -0.3 is 15.0 Å². The van der Waals surface area contributed by atoms with Crippen LogP contribution < -0.4 is 10.1 Å². The number of nitrogens with one attached hydrogen (secondary N) is 1. The molecule has 5 nitrogen and oxygen atoms in total. The van der Waals surface area contributed by atoms with E-state index in [-0.39, 0.29) is 17.9 Å². The third-order valence-corrected chi connectivity index (χ3v) is 4.45. The summed E-state index contributed by atoms with van der Waals surface area (Å²) in [6.45, 7) is 3.46. The molecule has 1 aliphatic heterocycles. The van der Waals surface area contributed by atoms with Crippen molar-refractivity contribution in [2.24, 2.45) is 0 Å². The Bertz CT molecular complexity index is 551. The number of nitrogens with zero attached hydrogens (tertiary/aromatic N) is 1. The molecule has 2 rings (SSSR count). The number of carbonyl (C=O) groups is 2. The first-order chi connectivity index (χ1) is 11.6. The number of amides is 2. The number of benzene rings is 1. The Kier molecular flexibility index (Phi) is 7.09. The molecule has 24 heavy (non-hydrogen) atoms. The van der Waals surface area contributed by atoms with Crippen LogP contribution in [0.4, 0.5) is 0 Å². The topological polar surface area (TPSA) is 58.6 Å². The molecule has 1 saturated heterocycles. The summed E-state index contributed by atoms with van der Waals surface area (Å²) in [5.41, 5.74) is 1.12. The summed E-state index contributed by atoms with van der Waals surface area (Å²) in [6.07, 6.45) is 4.39. The number of methoxy groups -OCH3 is 1. The van der Waals surface area contributed by atoms with Gasteiger partial charge in [0.15, 0.2) is 0 Å². The lowest BCUT2D eigenvalue weighted by molar-refractivity contribution is -0.132. The molecule has 132 valence electrons. The van der Waals surface area contributed by atoms with E-state index in [1.54, 1.807) is 7.11 Å². The Hall–Kier alpha value is -2.04. The molecule has 5 heteroatoms. The van der Waals surface area contributed by atoms with Crippen molar-refractivity contribution >= 4 is 11.8 Å². The molecule has 0 aliphatic carbocycles. The normalized spacial score (nSPS) is 15.2. The van der Waals surface area contributed by atoms with Crippen LogP contribution in [0.5, 0.6) is 5.75 Å². The number of ether oxygens (including phenoxy) is 1. The van der Waals surface area contributed by atoms with Gasteiger partial charge in [0.1, 0.15) is 5.75 Å². The lowest BCUT2D eigenvalue weighted by Gasteiger charge is -2.32. The van der Waals surface area contributed by atoms with Gasteiger partial charge in [0.2, 0.25) is 11.8 Å².